The van der Waals surface area contributed by atoms with Crippen LogP contribution in [0.2, 0.25) is 10.0 Å². The zero-order valence-corrected chi connectivity index (χ0v) is 14.2. The summed E-state index contributed by atoms with van der Waals surface area (Å²) in [6.07, 6.45) is 2.35. The Labute approximate surface area is 141 Å². The highest BCUT2D eigenvalue weighted by Crippen LogP contribution is 2.23. The van der Waals surface area contributed by atoms with Crippen LogP contribution in [0.25, 0.3) is 0 Å². The summed E-state index contributed by atoms with van der Waals surface area (Å²) in [6.45, 7) is 4.72. The first-order valence-electron chi connectivity index (χ1n) is 7.65. The van der Waals surface area contributed by atoms with E-state index < -0.39 is 0 Å². The number of benzene rings is 1. The number of piperidine rings is 1. The summed E-state index contributed by atoms with van der Waals surface area (Å²) in [7, 11) is 0. The number of aliphatic hydroxyl groups is 1. The summed E-state index contributed by atoms with van der Waals surface area (Å²) in [4.78, 5) is 2.37. The lowest BCUT2D eigenvalue weighted by atomic mass is 10.1. The minimum atomic E-state index is 0.0879. The average molecular weight is 348 g/mol. The van der Waals surface area contributed by atoms with Crippen molar-refractivity contribution in [2.24, 2.45) is 0 Å². The largest absolute Gasteiger partial charge is 0.394 e. The SMILES string of the molecule is OCCOCCN1CCC(OCc2ccc(Cl)c(Cl)c2)CC1. The molecule has 4 nitrogen and oxygen atoms in total. The molecule has 1 fully saturated rings. The monoisotopic (exact) mass is 347 g/mol. The summed E-state index contributed by atoms with van der Waals surface area (Å²) in [5.74, 6) is 0. The van der Waals surface area contributed by atoms with Crippen molar-refractivity contribution >= 4 is 23.2 Å². The smallest absolute Gasteiger partial charge is 0.0721 e. The fourth-order valence-corrected chi connectivity index (χ4v) is 2.82. The number of likely N-dealkylation sites (tertiary alicyclic amines) is 1. The van der Waals surface area contributed by atoms with E-state index in [1.54, 1.807) is 6.07 Å². The van der Waals surface area contributed by atoms with Crippen LogP contribution in [-0.4, -0.2) is 55.6 Å². The van der Waals surface area contributed by atoms with Gasteiger partial charge < -0.3 is 19.5 Å². The Morgan fingerprint density at radius 2 is 1.91 bits per heavy atom. The highest BCUT2D eigenvalue weighted by atomic mass is 35.5. The van der Waals surface area contributed by atoms with E-state index in [1.165, 1.54) is 0 Å². The number of hydrogen-bond acceptors (Lipinski definition) is 4. The van der Waals surface area contributed by atoms with Crippen molar-refractivity contribution < 1.29 is 14.6 Å². The Balaban J connectivity index is 1.63. The summed E-state index contributed by atoms with van der Waals surface area (Å²) >= 11 is 11.9. The van der Waals surface area contributed by atoms with E-state index in [0.29, 0.717) is 36.0 Å². The van der Waals surface area contributed by atoms with Gasteiger partial charge in [-0.05, 0) is 30.5 Å². The second kappa shape index (κ2) is 9.71. The van der Waals surface area contributed by atoms with Crippen LogP contribution in [0.1, 0.15) is 18.4 Å². The Morgan fingerprint density at radius 1 is 1.14 bits per heavy atom. The van der Waals surface area contributed by atoms with Crippen molar-refractivity contribution in [1.29, 1.82) is 0 Å². The van der Waals surface area contributed by atoms with Gasteiger partial charge in [0.05, 0.1) is 42.6 Å². The Morgan fingerprint density at radius 3 is 2.59 bits per heavy atom. The van der Waals surface area contributed by atoms with Gasteiger partial charge in [-0.25, -0.2) is 0 Å². The molecule has 1 aliphatic heterocycles. The first kappa shape index (κ1) is 18.0. The zero-order chi connectivity index (χ0) is 15.8. The molecule has 1 N–H and O–H groups in total. The van der Waals surface area contributed by atoms with Crippen molar-refractivity contribution in [3.63, 3.8) is 0 Å². The molecule has 1 heterocycles. The van der Waals surface area contributed by atoms with Gasteiger partial charge in [-0.15, -0.1) is 0 Å². The minimum absolute atomic E-state index is 0.0879. The Bertz CT molecular complexity index is 451. The first-order chi connectivity index (χ1) is 10.7. The third kappa shape index (κ3) is 6.03. The molecule has 1 aromatic rings. The van der Waals surface area contributed by atoms with Gasteiger partial charge >= 0.3 is 0 Å². The lowest BCUT2D eigenvalue weighted by Gasteiger charge is -2.31. The third-order valence-corrected chi connectivity index (χ3v) is 4.53. The summed E-state index contributed by atoms with van der Waals surface area (Å²) in [6, 6.07) is 5.61. The van der Waals surface area contributed by atoms with E-state index in [2.05, 4.69) is 4.90 Å². The zero-order valence-electron chi connectivity index (χ0n) is 12.6. The molecule has 2 rings (SSSR count). The molecule has 22 heavy (non-hydrogen) atoms. The van der Waals surface area contributed by atoms with Gasteiger partial charge in [0, 0.05) is 19.6 Å². The molecule has 0 atom stereocenters. The van der Waals surface area contributed by atoms with E-state index in [-0.39, 0.29) is 6.61 Å². The number of halogens is 2. The molecule has 0 radical (unpaired) electrons. The van der Waals surface area contributed by atoms with E-state index in [0.717, 1.165) is 38.0 Å². The molecule has 124 valence electrons. The lowest BCUT2D eigenvalue weighted by Crippen LogP contribution is -2.38. The van der Waals surface area contributed by atoms with Crippen molar-refractivity contribution in [2.45, 2.75) is 25.6 Å². The molecule has 1 saturated heterocycles. The number of hydrogen-bond donors (Lipinski definition) is 1. The number of rotatable bonds is 8. The maximum Gasteiger partial charge on any atom is 0.0721 e. The van der Waals surface area contributed by atoms with Crippen LogP contribution < -0.4 is 0 Å². The summed E-state index contributed by atoms with van der Waals surface area (Å²) < 4.78 is 11.3. The predicted octanol–water partition coefficient (Wildman–Crippen LogP) is 2.98. The molecule has 0 amide bonds. The van der Waals surface area contributed by atoms with E-state index in [9.17, 15) is 0 Å². The molecule has 0 spiro atoms. The highest BCUT2D eigenvalue weighted by Gasteiger charge is 2.19. The molecule has 0 aromatic heterocycles. The molecular formula is C16H23Cl2NO3. The van der Waals surface area contributed by atoms with Crippen LogP contribution in [0.4, 0.5) is 0 Å². The quantitative estimate of drug-likeness (QED) is 0.734. The van der Waals surface area contributed by atoms with Crippen molar-refractivity contribution in [3.05, 3.63) is 33.8 Å². The van der Waals surface area contributed by atoms with E-state index >= 15 is 0 Å². The fraction of sp³-hybridized carbons (Fsp3) is 0.625. The lowest BCUT2D eigenvalue weighted by molar-refractivity contribution is -0.00907. The van der Waals surface area contributed by atoms with Gasteiger partial charge in [-0.3, -0.25) is 0 Å². The second-order valence-electron chi connectivity index (χ2n) is 5.44. The summed E-state index contributed by atoms with van der Waals surface area (Å²) in [5.41, 5.74) is 1.05. The van der Waals surface area contributed by atoms with Crippen LogP contribution in [-0.2, 0) is 16.1 Å². The van der Waals surface area contributed by atoms with Crippen LogP contribution >= 0.6 is 23.2 Å². The van der Waals surface area contributed by atoms with Gasteiger partial charge in [0.15, 0.2) is 0 Å². The van der Waals surface area contributed by atoms with Crippen molar-refractivity contribution in [2.75, 3.05) is 39.5 Å². The standard InChI is InChI=1S/C16H23Cl2NO3/c17-15-2-1-13(11-16(15)18)12-22-14-3-5-19(6-4-14)7-9-21-10-8-20/h1-2,11,14,20H,3-10,12H2. The predicted molar refractivity (Wildman–Crippen MR) is 88.6 cm³/mol. The topological polar surface area (TPSA) is 41.9 Å². The molecule has 6 heteroatoms. The van der Waals surface area contributed by atoms with Gasteiger partial charge in [0.2, 0.25) is 0 Å². The highest BCUT2D eigenvalue weighted by molar-refractivity contribution is 6.42. The van der Waals surface area contributed by atoms with Crippen LogP contribution in [0.5, 0.6) is 0 Å². The Kier molecular flexibility index (Phi) is 7.94. The van der Waals surface area contributed by atoms with Crippen LogP contribution in [0.15, 0.2) is 18.2 Å². The van der Waals surface area contributed by atoms with Crippen LogP contribution in [0, 0.1) is 0 Å². The molecule has 0 unspecified atom stereocenters. The fourth-order valence-electron chi connectivity index (χ4n) is 2.50. The van der Waals surface area contributed by atoms with Crippen molar-refractivity contribution in [3.8, 4) is 0 Å². The van der Waals surface area contributed by atoms with Crippen molar-refractivity contribution in [1.82, 2.24) is 4.90 Å². The molecule has 1 aromatic carbocycles. The molecule has 0 saturated carbocycles. The number of ether oxygens (including phenoxy) is 2. The van der Waals surface area contributed by atoms with Gasteiger partial charge in [0.1, 0.15) is 0 Å². The molecule has 0 aliphatic carbocycles. The van der Waals surface area contributed by atoms with Gasteiger partial charge in [-0.1, -0.05) is 29.3 Å². The summed E-state index contributed by atoms with van der Waals surface area (Å²) in [5, 5.41) is 9.79. The second-order valence-corrected chi connectivity index (χ2v) is 6.25. The maximum absolute atomic E-state index is 8.65. The normalized spacial score (nSPS) is 17.0. The first-order valence-corrected chi connectivity index (χ1v) is 8.41. The molecule has 1 aliphatic rings. The van der Waals surface area contributed by atoms with Crippen LogP contribution in [0.3, 0.4) is 0 Å². The van der Waals surface area contributed by atoms with E-state index in [1.807, 2.05) is 12.1 Å². The molecule has 0 bridgehead atoms. The van der Waals surface area contributed by atoms with Gasteiger partial charge in [-0.2, -0.15) is 0 Å². The minimum Gasteiger partial charge on any atom is -0.394 e. The third-order valence-electron chi connectivity index (χ3n) is 3.79. The number of nitrogens with zero attached hydrogens (tertiary/aromatic N) is 1. The molecular weight excluding hydrogens is 325 g/mol. The van der Waals surface area contributed by atoms with E-state index in [4.69, 9.17) is 37.8 Å². The Hall–Kier alpha value is -0.360. The van der Waals surface area contributed by atoms with Gasteiger partial charge in [0.25, 0.3) is 0 Å². The number of aliphatic hydroxyl groups excluding tert-OH is 1. The average Bonchev–Trinajstić information content (AvgIpc) is 2.54. The maximum atomic E-state index is 8.65.